The van der Waals surface area contributed by atoms with E-state index in [1.165, 1.54) is 0 Å². The summed E-state index contributed by atoms with van der Waals surface area (Å²) in [6, 6.07) is 5.39. The van der Waals surface area contributed by atoms with E-state index in [2.05, 4.69) is 4.74 Å². The van der Waals surface area contributed by atoms with Crippen molar-refractivity contribution < 1.29 is 23.8 Å². The molecule has 1 aromatic rings. The van der Waals surface area contributed by atoms with Gasteiger partial charge >= 0.3 is 11.9 Å². The van der Waals surface area contributed by atoms with Crippen LogP contribution in [0, 0.1) is 5.92 Å². The molecule has 0 amide bonds. The first-order valence-corrected chi connectivity index (χ1v) is 5.59. The Morgan fingerprint density at radius 1 is 1.17 bits per heavy atom. The number of benzene rings is 1. The zero-order valence-electron chi connectivity index (χ0n) is 10.3. The SMILES string of the molecule is COc1cc(C[C@@H]2CC(=O)OC2=O)cc(OC)c1. The highest BCUT2D eigenvalue weighted by Crippen LogP contribution is 2.27. The van der Waals surface area contributed by atoms with Crippen LogP contribution in [0.3, 0.4) is 0 Å². The topological polar surface area (TPSA) is 61.8 Å². The average Bonchev–Trinajstić information content (AvgIpc) is 2.67. The molecule has 0 spiro atoms. The predicted octanol–water partition coefficient (Wildman–Crippen LogP) is 1.34. The van der Waals surface area contributed by atoms with E-state index in [4.69, 9.17) is 9.47 Å². The van der Waals surface area contributed by atoms with Gasteiger partial charge < -0.3 is 14.2 Å². The second-order valence-corrected chi connectivity index (χ2v) is 4.12. The molecule has 0 saturated carbocycles. The smallest absolute Gasteiger partial charge is 0.317 e. The van der Waals surface area contributed by atoms with Crippen LogP contribution in [0.5, 0.6) is 11.5 Å². The minimum atomic E-state index is -0.458. The highest BCUT2D eigenvalue weighted by Gasteiger charge is 2.33. The van der Waals surface area contributed by atoms with Crippen LogP contribution in [-0.4, -0.2) is 26.2 Å². The molecule has 5 heteroatoms. The number of cyclic esters (lactones) is 2. The largest absolute Gasteiger partial charge is 0.497 e. The first-order chi connectivity index (χ1) is 8.62. The van der Waals surface area contributed by atoms with Gasteiger partial charge in [0.05, 0.1) is 26.6 Å². The molecule has 0 unspecified atom stereocenters. The van der Waals surface area contributed by atoms with E-state index in [-0.39, 0.29) is 6.42 Å². The van der Waals surface area contributed by atoms with Gasteiger partial charge in [0.25, 0.3) is 0 Å². The van der Waals surface area contributed by atoms with Gasteiger partial charge in [-0.25, -0.2) is 0 Å². The fourth-order valence-electron chi connectivity index (χ4n) is 1.95. The molecule has 0 aliphatic carbocycles. The number of hydrogen-bond donors (Lipinski definition) is 0. The molecular weight excluding hydrogens is 236 g/mol. The van der Waals surface area contributed by atoms with Crippen molar-refractivity contribution in [3.05, 3.63) is 23.8 Å². The molecule has 1 aliphatic rings. The maximum Gasteiger partial charge on any atom is 0.317 e. The summed E-state index contributed by atoms with van der Waals surface area (Å²) in [7, 11) is 3.12. The first kappa shape index (κ1) is 12.4. The highest BCUT2D eigenvalue weighted by molar-refractivity contribution is 5.94. The van der Waals surface area contributed by atoms with E-state index in [1.807, 2.05) is 12.1 Å². The normalized spacial score (nSPS) is 18.7. The Kier molecular flexibility index (Phi) is 3.50. The molecule has 18 heavy (non-hydrogen) atoms. The molecule has 1 aromatic carbocycles. The number of esters is 2. The molecular formula is C13H14O5. The third-order valence-electron chi connectivity index (χ3n) is 2.85. The van der Waals surface area contributed by atoms with E-state index in [1.54, 1.807) is 20.3 Å². The Bertz CT molecular complexity index is 458. The van der Waals surface area contributed by atoms with Crippen molar-refractivity contribution >= 4 is 11.9 Å². The Morgan fingerprint density at radius 2 is 1.78 bits per heavy atom. The van der Waals surface area contributed by atoms with E-state index >= 15 is 0 Å². The third-order valence-corrected chi connectivity index (χ3v) is 2.85. The zero-order valence-corrected chi connectivity index (χ0v) is 10.3. The molecule has 0 N–H and O–H groups in total. The molecule has 96 valence electrons. The fourth-order valence-corrected chi connectivity index (χ4v) is 1.95. The Labute approximate surface area is 105 Å². The van der Waals surface area contributed by atoms with Crippen molar-refractivity contribution in [3.8, 4) is 11.5 Å². The molecule has 1 aliphatic heterocycles. The zero-order chi connectivity index (χ0) is 13.1. The molecule has 1 saturated heterocycles. The second-order valence-electron chi connectivity index (χ2n) is 4.12. The third kappa shape index (κ3) is 2.61. The van der Waals surface area contributed by atoms with Gasteiger partial charge in [-0.1, -0.05) is 0 Å². The van der Waals surface area contributed by atoms with Crippen LogP contribution < -0.4 is 9.47 Å². The van der Waals surface area contributed by atoms with Crippen LogP contribution in [0.15, 0.2) is 18.2 Å². The van der Waals surface area contributed by atoms with Gasteiger partial charge in [-0.05, 0) is 24.1 Å². The lowest BCUT2D eigenvalue weighted by Crippen LogP contribution is -2.10. The lowest BCUT2D eigenvalue weighted by Gasteiger charge is -2.09. The van der Waals surface area contributed by atoms with Crippen LogP contribution in [0.2, 0.25) is 0 Å². The molecule has 5 nitrogen and oxygen atoms in total. The molecule has 1 atom stereocenters. The number of ether oxygens (including phenoxy) is 3. The second kappa shape index (κ2) is 5.08. The Balaban J connectivity index is 2.18. The summed E-state index contributed by atoms with van der Waals surface area (Å²) in [5.74, 6) is -0.0139. The summed E-state index contributed by atoms with van der Waals surface area (Å²) in [6.07, 6.45) is 0.580. The lowest BCUT2D eigenvalue weighted by atomic mass is 9.98. The highest BCUT2D eigenvalue weighted by atomic mass is 16.6. The van der Waals surface area contributed by atoms with Crippen molar-refractivity contribution in [2.75, 3.05) is 14.2 Å². The van der Waals surface area contributed by atoms with E-state index in [0.717, 1.165) is 5.56 Å². The number of hydrogen-bond acceptors (Lipinski definition) is 5. The van der Waals surface area contributed by atoms with Crippen LogP contribution in [0.25, 0.3) is 0 Å². The number of rotatable bonds is 4. The van der Waals surface area contributed by atoms with E-state index in [0.29, 0.717) is 17.9 Å². The summed E-state index contributed by atoms with van der Waals surface area (Å²) in [6.45, 7) is 0. The van der Waals surface area contributed by atoms with Crippen molar-refractivity contribution in [3.63, 3.8) is 0 Å². The van der Waals surface area contributed by atoms with Crippen LogP contribution in [-0.2, 0) is 20.7 Å². The minimum absolute atomic E-state index is 0.137. The van der Waals surface area contributed by atoms with Gasteiger partial charge in [0.2, 0.25) is 0 Å². The summed E-state index contributed by atoms with van der Waals surface area (Å²) < 4.78 is 14.8. The Hall–Kier alpha value is -2.04. The van der Waals surface area contributed by atoms with Crippen molar-refractivity contribution in [1.82, 2.24) is 0 Å². The van der Waals surface area contributed by atoms with Gasteiger partial charge in [0.15, 0.2) is 0 Å². The summed E-state index contributed by atoms with van der Waals surface area (Å²) in [5, 5.41) is 0. The van der Waals surface area contributed by atoms with Crippen molar-refractivity contribution in [1.29, 1.82) is 0 Å². The van der Waals surface area contributed by atoms with Crippen molar-refractivity contribution in [2.24, 2.45) is 5.92 Å². The van der Waals surface area contributed by atoms with E-state index < -0.39 is 17.9 Å². The van der Waals surface area contributed by atoms with Crippen LogP contribution in [0.4, 0.5) is 0 Å². The fraction of sp³-hybridized carbons (Fsp3) is 0.385. The van der Waals surface area contributed by atoms with Crippen LogP contribution >= 0.6 is 0 Å². The molecule has 0 radical (unpaired) electrons. The summed E-state index contributed by atoms with van der Waals surface area (Å²) in [4.78, 5) is 22.4. The van der Waals surface area contributed by atoms with Crippen molar-refractivity contribution in [2.45, 2.75) is 12.8 Å². The molecule has 1 heterocycles. The number of carbonyl (C=O) groups is 2. The average molecular weight is 250 g/mol. The van der Waals surface area contributed by atoms with Gasteiger partial charge in [0.1, 0.15) is 11.5 Å². The minimum Gasteiger partial charge on any atom is -0.497 e. The molecule has 2 rings (SSSR count). The van der Waals surface area contributed by atoms with Gasteiger partial charge in [0, 0.05) is 6.07 Å². The maximum atomic E-state index is 11.4. The predicted molar refractivity (Wildman–Crippen MR) is 62.5 cm³/mol. The summed E-state index contributed by atoms with van der Waals surface area (Å²) >= 11 is 0. The van der Waals surface area contributed by atoms with Gasteiger partial charge in [-0.15, -0.1) is 0 Å². The van der Waals surface area contributed by atoms with Crippen LogP contribution in [0.1, 0.15) is 12.0 Å². The first-order valence-electron chi connectivity index (χ1n) is 5.59. The van der Waals surface area contributed by atoms with E-state index in [9.17, 15) is 9.59 Å². The standard InChI is InChI=1S/C13H14O5/c1-16-10-4-8(5-11(7-10)17-2)3-9-6-12(14)18-13(9)15/h4-5,7,9H,3,6H2,1-2H3/t9-/m1/s1. The lowest BCUT2D eigenvalue weighted by molar-refractivity contribution is -0.153. The van der Waals surface area contributed by atoms with Gasteiger partial charge in [-0.2, -0.15) is 0 Å². The molecule has 0 bridgehead atoms. The number of carbonyl (C=O) groups excluding carboxylic acids is 2. The monoisotopic (exact) mass is 250 g/mol. The Morgan fingerprint density at radius 3 is 2.22 bits per heavy atom. The number of methoxy groups -OCH3 is 2. The maximum absolute atomic E-state index is 11.4. The summed E-state index contributed by atoms with van der Waals surface area (Å²) in [5.41, 5.74) is 0.878. The quantitative estimate of drug-likeness (QED) is 0.596. The molecule has 0 aromatic heterocycles. The van der Waals surface area contributed by atoms with Gasteiger partial charge in [-0.3, -0.25) is 9.59 Å². The molecule has 1 fully saturated rings.